The molecule has 0 saturated carbocycles. The van der Waals surface area contributed by atoms with E-state index in [0.717, 1.165) is 12.1 Å². The summed E-state index contributed by atoms with van der Waals surface area (Å²) < 4.78 is 23.3. The van der Waals surface area contributed by atoms with Gasteiger partial charge in [-0.15, -0.1) is 0 Å². The minimum Gasteiger partial charge on any atom is -0.386 e. The minimum absolute atomic E-state index is 0.00956. The number of anilines is 1. The van der Waals surface area contributed by atoms with E-state index in [4.69, 9.17) is 28.3 Å². The highest BCUT2D eigenvalue weighted by Crippen LogP contribution is 2.31. The van der Waals surface area contributed by atoms with E-state index in [9.17, 15) is 23.6 Å². The maximum atomic E-state index is 11.7. The van der Waals surface area contributed by atoms with Gasteiger partial charge in [0.1, 0.15) is 4.90 Å². The predicted octanol–water partition coefficient (Wildman–Crippen LogP) is 2.69. The third kappa shape index (κ3) is 4.59. The summed E-state index contributed by atoms with van der Waals surface area (Å²) in [6.07, 6.45) is -1.15. The molecular formula is C14H13Cl2N3O5S. The van der Waals surface area contributed by atoms with Gasteiger partial charge in [-0.1, -0.05) is 29.3 Å². The van der Waals surface area contributed by atoms with Crippen LogP contribution in [0.4, 0.5) is 11.4 Å². The summed E-state index contributed by atoms with van der Waals surface area (Å²) in [6, 6.07) is 7.86. The molecule has 0 bridgehead atoms. The summed E-state index contributed by atoms with van der Waals surface area (Å²) >= 11 is 12.0. The van der Waals surface area contributed by atoms with Crippen LogP contribution in [0.3, 0.4) is 0 Å². The fourth-order valence-electron chi connectivity index (χ4n) is 2.14. The molecule has 0 aliphatic carbocycles. The number of nitrogens with one attached hydrogen (secondary N) is 1. The maximum Gasteiger partial charge on any atom is 0.270 e. The lowest BCUT2D eigenvalue weighted by atomic mass is 10.1. The summed E-state index contributed by atoms with van der Waals surface area (Å²) in [6.45, 7) is -0.149. The molecule has 1 unspecified atom stereocenters. The molecule has 0 fully saturated rings. The Morgan fingerprint density at radius 2 is 1.84 bits per heavy atom. The second-order valence-electron chi connectivity index (χ2n) is 5.01. The van der Waals surface area contributed by atoms with Gasteiger partial charge in [0.15, 0.2) is 0 Å². The third-order valence-electron chi connectivity index (χ3n) is 3.30. The molecule has 4 N–H and O–H groups in total. The Labute approximate surface area is 153 Å². The molecule has 11 heteroatoms. The van der Waals surface area contributed by atoms with E-state index in [1.54, 1.807) is 18.2 Å². The SMILES string of the molecule is NS(=O)(=O)c1cc([N+](=O)[O-])ccc1NCC(O)c1c(Cl)cccc1Cl. The number of nitro benzene ring substituents is 1. The second-order valence-corrected chi connectivity index (χ2v) is 7.36. The molecule has 1 atom stereocenters. The number of hydrogen-bond acceptors (Lipinski definition) is 6. The van der Waals surface area contributed by atoms with Crippen molar-refractivity contribution in [2.45, 2.75) is 11.0 Å². The number of nitrogens with zero attached hydrogens (tertiary/aromatic N) is 1. The van der Waals surface area contributed by atoms with Crippen molar-refractivity contribution < 1.29 is 18.4 Å². The Bertz CT molecular complexity index is 900. The van der Waals surface area contributed by atoms with Crippen LogP contribution in [0.15, 0.2) is 41.3 Å². The summed E-state index contributed by atoms with van der Waals surface area (Å²) in [5, 5.41) is 29.3. The van der Waals surface area contributed by atoms with Crippen LogP contribution in [0.1, 0.15) is 11.7 Å². The fraction of sp³-hybridized carbons (Fsp3) is 0.143. The van der Waals surface area contributed by atoms with Gasteiger partial charge in [0.2, 0.25) is 10.0 Å². The van der Waals surface area contributed by atoms with Gasteiger partial charge in [-0.2, -0.15) is 0 Å². The molecule has 0 amide bonds. The van der Waals surface area contributed by atoms with E-state index in [0.29, 0.717) is 0 Å². The standard InChI is InChI=1S/C14H13Cl2N3O5S/c15-9-2-1-3-10(16)14(9)12(20)7-18-11-5-4-8(19(21)22)6-13(11)25(17,23)24/h1-6,12,18,20H,7H2,(H2,17,23,24). The van der Waals surface area contributed by atoms with Gasteiger partial charge in [-0.25, -0.2) is 13.6 Å². The van der Waals surface area contributed by atoms with Crippen LogP contribution in [0.5, 0.6) is 0 Å². The number of sulfonamides is 1. The molecule has 2 aromatic rings. The largest absolute Gasteiger partial charge is 0.386 e. The van der Waals surface area contributed by atoms with Crippen molar-refractivity contribution in [2.75, 3.05) is 11.9 Å². The van der Waals surface area contributed by atoms with E-state index in [-0.39, 0.29) is 27.8 Å². The highest BCUT2D eigenvalue weighted by atomic mass is 35.5. The number of aliphatic hydroxyl groups excluding tert-OH is 1. The van der Waals surface area contributed by atoms with Crippen LogP contribution in [0, 0.1) is 10.1 Å². The molecule has 0 radical (unpaired) electrons. The maximum absolute atomic E-state index is 11.7. The first-order valence-corrected chi connectivity index (χ1v) is 9.08. The van der Waals surface area contributed by atoms with Gasteiger partial charge >= 0.3 is 0 Å². The lowest BCUT2D eigenvalue weighted by Gasteiger charge is -2.17. The summed E-state index contributed by atoms with van der Waals surface area (Å²) in [4.78, 5) is 9.60. The first-order chi connectivity index (χ1) is 11.6. The van der Waals surface area contributed by atoms with Crippen molar-refractivity contribution in [2.24, 2.45) is 5.14 Å². The zero-order valence-electron chi connectivity index (χ0n) is 12.5. The molecule has 2 aromatic carbocycles. The normalized spacial score (nSPS) is 12.6. The number of hydrogen-bond donors (Lipinski definition) is 3. The lowest BCUT2D eigenvalue weighted by Crippen LogP contribution is -2.18. The molecule has 0 aliphatic heterocycles. The first-order valence-electron chi connectivity index (χ1n) is 6.78. The molecule has 8 nitrogen and oxygen atoms in total. The topological polar surface area (TPSA) is 136 Å². The van der Waals surface area contributed by atoms with Crippen LogP contribution in [0.25, 0.3) is 0 Å². The highest BCUT2D eigenvalue weighted by molar-refractivity contribution is 7.89. The molecule has 0 spiro atoms. The Morgan fingerprint density at radius 1 is 1.24 bits per heavy atom. The van der Waals surface area contributed by atoms with Crippen LogP contribution in [0.2, 0.25) is 10.0 Å². The van der Waals surface area contributed by atoms with Crippen molar-refractivity contribution >= 4 is 44.6 Å². The number of rotatable bonds is 6. The third-order valence-corrected chi connectivity index (χ3v) is 4.91. The number of benzene rings is 2. The molecule has 0 aliphatic rings. The summed E-state index contributed by atoms with van der Waals surface area (Å²) in [5.74, 6) is 0. The van der Waals surface area contributed by atoms with Gasteiger partial charge < -0.3 is 10.4 Å². The van der Waals surface area contributed by atoms with Crippen molar-refractivity contribution in [1.29, 1.82) is 0 Å². The van der Waals surface area contributed by atoms with E-state index >= 15 is 0 Å². The van der Waals surface area contributed by atoms with Crippen LogP contribution in [-0.4, -0.2) is 25.0 Å². The predicted molar refractivity (Wildman–Crippen MR) is 94.4 cm³/mol. The zero-order valence-corrected chi connectivity index (χ0v) is 14.8. The second kappa shape index (κ2) is 7.54. The first kappa shape index (κ1) is 19.4. The Morgan fingerprint density at radius 3 is 2.36 bits per heavy atom. The Balaban J connectivity index is 2.30. The lowest BCUT2D eigenvalue weighted by molar-refractivity contribution is -0.385. The van der Waals surface area contributed by atoms with E-state index < -0.39 is 31.6 Å². The van der Waals surface area contributed by atoms with Gasteiger partial charge in [-0.3, -0.25) is 10.1 Å². The summed E-state index contributed by atoms with van der Waals surface area (Å²) in [7, 11) is -4.22. The van der Waals surface area contributed by atoms with Crippen molar-refractivity contribution in [1.82, 2.24) is 0 Å². The number of non-ortho nitro benzene ring substituents is 1. The Hall–Kier alpha value is -1.91. The van der Waals surface area contributed by atoms with E-state index in [1.165, 1.54) is 6.07 Å². The van der Waals surface area contributed by atoms with Gasteiger partial charge in [0.05, 0.1) is 16.7 Å². The van der Waals surface area contributed by atoms with Crippen molar-refractivity contribution in [3.63, 3.8) is 0 Å². The van der Waals surface area contributed by atoms with Crippen LogP contribution in [-0.2, 0) is 10.0 Å². The highest BCUT2D eigenvalue weighted by Gasteiger charge is 2.21. The van der Waals surface area contributed by atoms with Crippen molar-refractivity contribution in [3.05, 3.63) is 62.1 Å². The smallest absolute Gasteiger partial charge is 0.270 e. The number of halogens is 2. The number of aliphatic hydroxyl groups is 1. The summed E-state index contributed by atoms with van der Waals surface area (Å²) in [5.41, 5.74) is -0.142. The van der Waals surface area contributed by atoms with Crippen LogP contribution >= 0.6 is 23.2 Å². The molecule has 0 saturated heterocycles. The monoisotopic (exact) mass is 405 g/mol. The minimum atomic E-state index is -4.22. The molecular weight excluding hydrogens is 393 g/mol. The molecule has 0 heterocycles. The fourth-order valence-corrected chi connectivity index (χ4v) is 3.52. The van der Waals surface area contributed by atoms with Crippen LogP contribution < -0.4 is 10.5 Å². The Kier molecular flexibility index (Phi) is 5.86. The van der Waals surface area contributed by atoms with E-state index in [2.05, 4.69) is 5.32 Å². The number of primary sulfonamides is 1. The van der Waals surface area contributed by atoms with Crippen molar-refractivity contribution in [3.8, 4) is 0 Å². The van der Waals surface area contributed by atoms with Gasteiger partial charge in [0, 0.05) is 34.3 Å². The van der Waals surface area contributed by atoms with Gasteiger partial charge in [0.25, 0.3) is 5.69 Å². The zero-order chi connectivity index (χ0) is 18.8. The quantitative estimate of drug-likeness (QED) is 0.499. The number of nitrogens with two attached hydrogens (primary N) is 1. The number of nitro groups is 1. The molecule has 25 heavy (non-hydrogen) atoms. The molecule has 134 valence electrons. The average molecular weight is 406 g/mol. The van der Waals surface area contributed by atoms with Gasteiger partial charge in [-0.05, 0) is 18.2 Å². The molecule has 0 aromatic heterocycles. The van der Waals surface area contributed by atoms with E-state index in [1.807, 2.05) is 0 Å². The average Bonchev–Trinajstić information content (AvgIpc) is 2.51. The molecule has 2 rings (SSSR count).